The molecule has 27 heavy (non-hydrogen) atoms. The van der Waals surface area contributed by atoms with Gasteiger partial charge in [-0.3, -0.25) is 9.59 Å². The molecule has 0 aliphatic carbocycles. The van der Waals surface area contributed by atoms with Crippen LogP contribution in [0, 0.1) is 5.92 Å². The van der Waals surface area contributed by atoms with Crippen LogP contribution in [0.15, 0.2) is 24.3 Å². The molecule has 4 N–H and O–H groups in total. The Hall–Kier alpha value is -2.20. The Labute approximate surface area is 156 Å². The van der Waals surface area contributed by atoms with Crippen molar-refractivity contribution in [3.63, 3.8) is 0 Å². The van der Waals surface area contributed by atoms with E-state index in [9.17, 15) is 24.9 Å². The fourth-order valence-corrected chi connectivity index (χ4v) is 2.44. The molecular weight excluding hydrogens is 358 g/mol. The Morgan fingerprint density at radius 2 is 1.74 bits per heavy atom. The summed E-state index contributed by atoms with van der Waals surface area (Å²) in [5.74, 6) is -0.729. The topological polar surface area (TPSA) is 135 Å². The van der Waals surface area contributed by atoms with Gasteiger partial charge in [-0.15, -0.1) is 0 Å². The molecule has 1 aromatic carbocycles. The maximum atomic E-state index is 11.6. The van der Waals surface area contributed by atoms with Crippen molar-refractivity contribution in [3.8, 4) is 5.75 Å². The predicted octanol–water partition coefficient (Wildman–Crippen LogP) is 0.0306. The zero-order valence-electron chi connectivity index (χ0n) is 15.4. The molecule has 2 rings (SSSR count). The Bertz CT molecular complexity index is 647. The van der Waals surface area contributed by atoms with Gasteiger partial charge < -0.3 is 34.8 Å². The molecule has 1 fully saturated rings. The lowest BCUT2D eigenvalue weighted by molar-refractivity contribution is -0.278. The molecule has 1 saturated heterocycles. The first kappa shape index (κ1) is 21.1. The number of rotatable bonds is 6. The first-order valence-corrected chi connectivity index (χ1v) is 8.59. The summed E-state index contributed by atoms with van der Waals surface area (Å²) in [5.41, 5.74) is 0.564. The molecule has 150 valence electrons. The number of anilines is 1. The van der Waals surface area contributed by atoms with Crippen LogP contribution in [0.1, 0.15) is 20.8 Å². The third-order valence-corrected chi connectivity index (χ3v) is 3.96. The van der Waals surface area contributed by atoms with Crippen LogP contribution >= 0.6 is 0 Å². The largest absolute Gasteiger partial charge is 0.463 e. The highest BCUT2D eigenvalue weighted by atomic mass is 16.7. The van der Waals surface area contributed by atoms with E-state index in [0.717, 1.165) is 0 Å². The van der Waals surface area contributed by atoms with Crippen LogP contribution < -0.4 is 10.1 Å². The first-order chi connectivity index (χ1) is 12.7. The summed E-state index contributed by atoms with van der Waals surface area (Å²) in [5, 5.41) is 32.8. The van der Waals surface area contributed by atoms with E-state index in [4.69, 9.17) is 14.2 Å². The van der Waals surface area contributed by atoms with Gasteiger partial charge in [0.25, 0.3) is 0 Å². The van der Waals surface area contributed by atoms with E-state index in [-0.39, 0.29) is 18.4 Å². The van der Waals surface area contributed by atoms with Crippen molar-refractivity contribution in [2.45, 2.75) is 51.5 Å². The summed E-state index contributed by atoms with van der Waals surface area (Å²) in [6.45, 7) is 4.42. The lowest BCUT2D eigenvalue weighted by Crippen LogP contribution is -2.60. The number of aliphatic hydroxyl groups excluding tert-OH is 3. The quantitative estimate of drug-likeness (QED) is 0.506. The van der Waals surface area contributed by atoms with E-state index in [1.54, 1.807) is 38.1 Å². The first-order valence-electron chi connectivity index (χ1n) is 8.59. The van der Waals surface area contributed by atoms with Gasteiger partial charge in [-0.1, -0.05) is 13.8 Å². The number of esters is 1. The summed E-state index contributed by atoms with van der Waals surface area (Å²) in [7, 11) is 0. The van der Waals surface area contributed by atoms with Crippen LogP contribution in [0.5, 0.6) is 5.75 Å². The average molecular weight is 383 g/mol. The number of hydrogen-bond donors (Lipinski definition) is 4. The highest BCUT2D eigenvalue weighted by Crippen LogP contribution is 2.25. The molecule has 0 bridgehead atoms. The minimum Gasteiger partial charge on any atom is -0.463 e. The van der Waals surface area contributed by atoms with E-state index in [1.165, 1.54) is 6.92 Å². The van der Waals surface area contributed by atoms with Crippen molar-refractivity contribution in [1.29, 1.82) is 0 Å². The van der Waals surface area contributed by atoms with E-state index in [1.807, 2.05) is 0 Å². The summed E-state index contributed by atoms with van der Waals surface area (Å²) in [6, 6.07) is 6.29. The molecule has 0 aromatic heterocycles. The molecule has 1 amide bonds. The zero-order valence-corrected chi connectivity index (χ0v) is 15.4. The Kier molecular flexibility index (Phi) is 7.14. The summed E-state index contributed by atoms with van der Waals surface area (Å²) >= 11 is 0. The van der Waals surface area contributed by atoms with Crippen LogP contribution in [-0.2, 0) is 19.1 Å². The van der Waals surface area contributed by atoms with Crippen LogP contribution in [0.25, 0.3) is 0 Å². The highest BCUT2D eigenvalue weighted by molar-refractivity contribution is 5.88. The SMILES string of the molecule is CC(=O)Nc1ccc(O[C@H]2OC(COC(=O)C(C)C)[C@@H](O)[C@H](O)[C@@H]2O)cc1. The molecule has 0 saturated carbocycles. The van der Waals surface area contributed by atoms with Gasteiger partial charge in [0.1, 0.15) is 36.8 Å². The summed E-state index contributed by atoms with van der Waals surface area (Å²) in [6.07, 6.45) is -6.83. The van der Waals surface area contributed by atoms with Crippen molar-refractivity contribution >= 4 is 17.6 Å². The smallest absolute Gasteiger partial charge is 0.308 e. The minimum absolute atomic E-state index is 0.217. The van der Waals surface area contributed by atoms with Crippen molar-refractivity contribution in [1.82, 2.24) is 0 Å². The molecular formula is C18H25NO8. The van der Waals surface area contributed by atoms with Gasteiger partial charge in [0.15, 0.2) is 0 Å². The van der Waals surface area contributed by atoms with Gasteiger partial charge in [-0.2, -0.15) is 0 Å². The lowest BCUT2D eigenvalue weighted by Gasteiger charge is -2.40. The fraction of sp³-hybridized carbons (Fsp3) is 0.556. The Morgan fingerprint density at radius 1 is 1.11 bits per heavy atom. The zero-order chi connectivity index (χ0) is 20.1. The molecule has 1 aliphatic heterocycles. The number of hydrogen-bond acceptors (Lipinski definition) is 8. The molecule has 5 atom stereocenters. The second-order valence-electron chi connectivity index (χ2n) is 6.62. The molecule has 1 aromatic rings. The maximum Gasteiger partial charge on any atom is 0.308 e. The van der Waals surface area contributed by atoms with E-state index < -0.39 is 36.7 Å². The fourth-order valence-electron chi connectivity index (χ4n) is 2.44. The van der Waals surface area contributed by atoms with Crippen LogP contribution in [0.2, 0.25) is 0 Å². The second kappa shape index (κ2) is 9.14. The average Bonchev–Trinajstić information content (AvgIpc) is 2.61. The predicted molar refractivity (Wildman–Crippen MR) is 93.9 cm³/mol. The third-order valence-electron chi connectivity index (χ3n) is 3.96. The van der Waals surface area contributed by atoms with Crippen LogP contribution in [0.4, 0.5) is 5.69 Å². The van der Waals surface area contributed by atoms with E-state index >= 15 is 0 Å². The van der Waals surface area contributed by atoms with Crippen molar-refractivity contribution in [2.24, 2.45) is 5.92 Å². The number of carbonyl (C=O) groups excluding carboxylic acids is 2. The molecule has 9 heteroatoms. The standard InChI is InChI=1S/C18H25NO8/c1-9(2)17(24)25-8-13-14(21)15(22)16(23)18(27-13)26-12-6-4-11(5-7-12)19-10(3)20/h4-7,9,13-16,18,21-23H,8H2,1-3H3,(H,19,20)/t13?,14-,15+,16+,18+/m1/s1. The monoisotopic (exact) mass is 383 g/mol. The van der Waals surface area contributed by atoms with Crippen LogP contribution in [0.3, 0.4) is 0 Å². The van der Waals surface area contributed by atoms with Gasteiger partial charge in [0.2, 0.25) is 12.2 Å². The number of aliphatic hydroxyl groups is 3. The normalized spacial score (nSPS) is 27.9. The Morgan fingerprint density at radius 3 is 2.30 bits per heavy atom. The molecule has 0 spiro atoms. The number of nitrogens with one attached hydrogen (secondary N) is 1. The lowest BCUT2D eigenvalue weighted by atomic mass is 9.99. The summed E-state index contributed by atoms with van der Waals surface area (Å²) < 4.78 is 16.1. The van der Waals surface area contributed by atoms with Gasteiger partial charge >= 0.3 is 5.97 Å². The van der Waals surface area contributed by atoms with Gasteiger partial charge in [-0.25, -0.2) is 0 Å². The van der Waals surface area contributed by atoms with E-state index in [0.29, 0.717) is 11.4 Å². The number of carbonyl (C=O) groups is 2. The molecule has 1 unspecified atom stereocenters. The summed E-state index contributed by atoms with van der Waals surface area (Å²) in [4.78, 5) is 22.6. The van der Waals surface area contributed by atoms with Crippen molar-refractivity contribution in [3.05, 3.63) is 24.3 Å². The van der Waals surface area contributed by atoms with Crippen molar-refractivity contribution < 1.29 is 39.1 Å². The highest BCUT2D eigenvalue weighted by Gasteiger charge is 2.45. The number of ether oxygens (including phenoxy) is 3. The third kappa shape index (κ3) is 5.64. The second-order valence-corrected chi connectivity index (χ2v) is 6.62. The van der Waals surface area contributed by atoms with Gasteiger partial charge in [0, 0.05) is 12.6 Å². The molecule has 1 aliphatic rings. The van der Waals surface area contributed by atoms with Crippen molar-refractivity contribution in [2.75, 3.05) is 11.9 Å². The minimum atomic E-state index is -1.54. The maximum absolute atomic E-state index is 11.6. The Balaban J connectivity index is 2.02. The van der Waals surface area contributed by atoms with Gasteiger partial charge in [-0.05, 0) is 24.3 Å². The van der Waals surface area contributed by atoms with E-state index in [2.05, 4.69) is 5.32 Å². The number of amides is 1. The number of benzene rings is 1. The molecule has 9 nitrogen and oxygen atoms in total. The molecule has 1 heterocycles. The van der Waals surface area contributed by atoms with Gasteiger partial charge in [0.05, 0.1) is 5.92 Å². The van der Waals surface area contributed by atoms with Crippen LogP contribution in [-0.4, -0.2) is 64.5 Å². The molecule has 0 radical (unpaired) electrons.